The van der Waals surface area contributed by atoms with Crippen molar-refractivity contribution in [3.63, 3.8) is 0 Å². The minimum absolute atomic E-state index is 0.129. The molecule has 8 heteroatoms. The third kappa shape index (κ3) is 3.45. The molecule has 0 radical (unpaired) electrons. The van der Waals surface area contributed by atoms with Crippen LogP contribution in [0.1, 0.15) is 5.56 Å². The molecule has 0 aromatic heterocycles. The van der Waals surface area contributed by atoms with E-state index in [1.54, 1.807) is 0 Å². The Hall–Kier alpha value is -1.81. The number of nitriles is 1. The largest absolute Gasteiger partial charge is 0.277 e. The molecule has 0 unspecified atom stereocenters. The number of anilines is 1. The Balaban J connectivity index is 2.41. The monoisotopic (exact) mass is 344 g/mol. The maximum absolute atomic E-state index is 13.6. The van der Waals surface area contributed by atoms with E-state index in [1.165, 1.54) is 30.3 Å². The van der Waals surface area contributed by atoms with Crippen LogP contribution < -0.4 is 4.72 Å². The average molecular weight is 345 g/mol. The van der Waals surface area contributed by atoms with Gasteiger partial charge in [-0.2, -0.15) is 5.26 Å². The Bertz CT molecular complexity index is 848. The Morgan fingerprint density at radius 3 is 2.43 bits per heavy atom. The van der Waals surface area contributed by atoms with Crippen molar-refractivity contribution in [1.29, 1.82) is 5.26 Å². The minimum atomic E-state index is -4.08. The van der Waals surface area contributed by atoms with E-state index in [0.717, 1.165) is 6.07 Å². The first kappa shape index (κ1) is 15.6. The van der Waals surface area contributed by atoms with E-state index in [1.807, 2.05) is 6.07 Å². The first-order valence-corrected chi connectivity index (χ1v) is 7.75. The zero-order chi connectivity index (χ0) is 15.6. The van der Waals surface area contributed by atoms with Gasteiger partial charge in [-0.3, -0.25) is 4.72 Å². The van der Waals surface area contributed by atoms with Gasteiger partial charge in [0.2, 0.25) is 0 Å². The van der Waals surface area contributed by atoms with E-state index in [-0.39, 0.29) is 26.2 Å². The maximum atomic E-state index is 13.6. The van der Waals surface area contributed by atoms with Crippen LogP contribution in [-0.4, -0.2) is 8.42 Å². The number of rotatable bonds is 3. The van der Waals surface area contributed by atoms with Crippen LogP contribution in [0.3, 0.4) is 0 Å². The van der Waals surface area contributed by atoms with Crippen LogP contribution >= 0.6 is 23.2 Å². The Morgan fingerprint density at radius 1 is 1.14 bits per heavy atom. The highest BCUT2D eigenvalue weighted by Gasteiger charge is 2.20. The quantitative estimate of drug-likeness (QED) is 0.920. The molecule has 108 valence electrons. The predicted molar refractivity (Wildman–Crippen MR) is 78.4 cm³/mol. The molecule has 0 amide bonds. The molecule has 0 atom stereocenters. The van der Waals surface area contributed by atoms with Crippen LogP contribution in [-0.2, 0) is 10.0 Å². The molecule has 0 saturated heterocycles. The zero-order valence-electron chi connectivity index (χ0n) is 10.3. The Kier molecular flexibility index (Phi) is 4.37. The number of hydrogen-bond donors (Lipinski definition) is 1. The van der Waals surface area contributed by atoms with E-state index in [0.29, 0.717) is 0 Å². The lowest BCUT2D eigenvalue weighted by Gasteiger charge is -2.10. The summed E-state index contributed by atoms with van der Waals surface area (Å²) in [6.45, 7) is 0. The summed E-state index contributed by atoms with van der Waals surface area (Å²) in [5.41, 5.74) is -0.0311. The smallest absolute Gasteiger partial charge is 0.263 e. The number of benzene rings is 2. The van der Waals surface area contributed by atoms with Gasteiger partial charge in [-0.05, 0) is 36.4 Å². The molecule has 0 spiro atoms. The number of nitrogens with one attached hydrogen (secondary N) is 1. The van der Waals surface area contributed by atoms with Gasteiger partial charge in [0.15, 0.2) is 0 Å². The fourth-order valence-corrected chi connectivity index (χ4v) is 3.33. The topological polar surface area (TPSA) is 70.0 Å². The molecule has 2 aromatic rings. The van der Waals surface area contributed by atoms with Gasteiger partial charge in [0.25, 0.3) is 10.0 Å². The Morgan fingerprint density at radius 2 is 1.86 bits per heavy atom. The molecule has 0 heterocycles. The van der Waals surface area contributed by atoms with Crippen molar-refractivity contribution in [3.8, 4) is 6.07 Å². The molecular formula is C13H7Cl2FN2O2S. The highest BCUT2D eigenvalue weighted by atomic mass is 35.5. The van der Waals surface area contributed by atoms with Crippen molar-refractivity contribution in [2.24, 2.45) is 0 Å². The molecule has 0 saturated carbocycles. The zero-order valence-corrected chi connectivity index (χ0v) is 12.6. The average Bonchev–Trinajstić information content (AvgIpc) is 2.41. The van der Waals surface area contributed by atoms with Crippen LogP contribution in [0.2, 0.25) is 10.0 Å². The van der Waals surface area contributed by atoms with E-state index >= 15 is 0 Å². The third-order valence-corrected chi connectivity index (χ3v) is 4.61. The van der Waals surface area contributed by atoms with Crippen molar-refractivity contribution in [2.75, 3.05) is 4.72 Å². The minimum Gasteiger partial charge on any atom is -0.277 e. The highest BCUT2D eigenvalue weighted by molar-refractivity contribution is 7.92. The molecular weight excluding hydrogens is 338 g/mol. The molecule has 0 aliphatic carbocycles. The normalized spacial score (nSPS) is 11.0. The summed E-state index contributed by atoms with van der Waals surface area (Å²) in [5, 5.41) is 8.73. The van der Waals surface area contributed by atoms with E-state index in [4.69, 9.17) is 28.5 Å². The number of sulfonamides is 1. The van der Waals surface area contributed by atoms with Gasteiger partial charge in [-0.25, -0.2) is 12.8 Å². The molecule has 21 heavy (non-hydrogen) atoms. The molecule has 2 aromatic carbocycles. The summed E-state index contributed by atoms with van der Waals surface area (Å²) < 4.78 is 40.1. The second kappa shape index (κ2) is 5.90. The second-order valence-corrected chi connectivity index (χ2v) is 6.48. The van der Waals surface area contributed by atoms with Crippen LogP contribution in [0, 0.1) is 17.1 Å². The Labute approximate surface area is 130 Å². The van der Waals surface area contributed by atoms with Gasteiger partial charge in [0.05, 0.1) is 22.3 Å². The molecule has 2 rings (SSSR count). The van der Waals surface area contributed by atoms with Crippen LogP contribution in [0.15, 0.2) is 41.3 Å². The highest BCUT2D eigenvalue weighted by Crippen LogP contribution is 2.26. The first-order chi connectivity index (χ1) is 9.83. The number of halogens is 3. The van der Waals surface area contributed by atoms with Gasteiger partial charge in [0, 0.05) is 5.02 Å². The van der Waals surface area contributed by atoms with Crippen molar-refractivity contribution < 1.29 is 12.8 Å². The van der Waals surface area contributed by atoms with Gasteiger partial charge in [-0.1, -0.05) is 23.2 Å². The second-order valence-electron chi connectivity index (χ2n) is 3.99. The third-order valence-electron chi connectivity index (χ3n) is 2.53. The van der Waals surface area contributed by atoms with Crippen LogP contribution in [0.4, 0.5) is 10.1 Å². The van der Waals surface area contributed by atoms with Crippen molar-refractivity contribution in [1.82, 2.24) is 0 Å². The summed E-state index contributed by atoms with van der Waals surface area (Å²) in [7, 11) is -4.08. The molecule has 1 N–H and O–H groups in total. The number of nitrogens with zero attached hydrogens (tertiary/aromatic N) is 1. The summed E-state index contributed by atoms with van der Waals surface area (Å²) in [4.78, 5) is -0.252. The molecule has 0 fully saturated rings. The fraction of sp³-hybridized carbons (Fsp3) is 0. The first-order valence-electron chi connectivity index (χ1n) is 5.51. The van der Waals surface area contributed by atoms with Gasteiger partial charge in [0.1, 0.15) is 10.7 Å². The molecule has 0 aliphatic rings. The predicted octanol–water partition coefficient (Wildman–Crippen LogP) is 3.80. The van der Waals surface area contributed by atoms with Gasteiger partial charge >= 0.3 is 0 Å². The van der Waals surface area contributed by atoms with E-state index in [2.05, 4.69) is 4.72 Å². The maximum Gasteiger partial charge on any atom is 0.263 e. The van der Waals surface area contributed by atoms with E-state index in [9.17, 15) is 12.8 Å². The summed E-state index contributed by atoms with van der Waals surface area (Å²) in [6, 6.07) is 9.07. The lowest BCUT2D eigenvalue weighted by Crippen LogP contribution is -2.14. The van der Waals surface area contributed by atoms with Gasteiger partial charge in [-0.15, -0.1) is 0 Å². The lowest BCUT2D eigenvalue weighted by molar-refractivity contribution is 0.598. The molecule has 4 nitrogen and oxygen atoms in total. The summed E-state index contributed by atoms with van der Waals surface area (Å²) in [6.07, 6.45) is 0. The summed E-state index contributed by atoms with van der Waals surface area (Å²) >= 11 is 11.4. The van der Waals surface area contributed by atoms with Crippen LogP contribution in [0.5, 0.6) is 0 Å². The van der Waals surface area contributed by atoms with Gasteiger partial charge < -0.3 is 0 Å². The molecule has 0 bridgehead atoms. The van der Waals surface area contributed by atoms with Crippen molar-refractivity contribution in [2.45, 2.75) is 4.90 Å². The SMILES string of the molecule is N#Cc1ccc(S(=O)(=O)Nc2ccc(Cl)cc2F)c(Cl)c1. The number of hydrogen-bond acceptors (Lipinski definition) is 3. The lowest BCUT2D eigenvalue weighted by atomic mass is 10.2. The fourth-order valence-electron chi connectivity index (χ4n) is 1.56. The van der Waals surface area contributed by atoms with Crippen molar-refractivity contribution in [3.05, 3.63) is 57.8 Å². The van der Waals surface area contributed by atoms with Crippen LogP contribution in [0.25, 0.3) is 0 Å². The molecule has 0 aliphatic heterocycles. The standard InChI is InChI=1S/C13H7Cl2FN2O2S/c14-9-2-3-12(11(16)6-9)18-21(19,20)13-4-1-8(7-17)5-10(13)15/h1-6,18H. The van der Waals surface area contributed by atoms with E-state index < -0.39 is 15.8 Å². The summed E-state index contributed by atoms with van der Waals surface area (Å²) in [5.74, 6) is -0.809. The van der Waals surface area contributed by atoms with Crippen molar-refractivity contribution >= 4 is 38.9 Å².